The molecule has 2 aromatic heterocycles. The number of benzene rings is 1. The minimum atomic E-state index is -0.385. The molecule has 5 nitrogen and oxygen atoms in total. The number of hydrogen-bond donors (Lipinski definition) is 0. The fourth-order valence-corrected chi connectivity index (χ4v) is 3.67. The first-order valence-electron chi connectivity index (χ1n) is 9.50. The Labute approximate surface area is 159 Å². The molecule has 0 unspecified atom stereocenters. The summed E-state index contributed by atoms with van der Waals surface area (Å²) in [5.41, 5.74) is 1.94. The van der Waals surface area contributed by atoms with Gasteiger partial charge in [-0.3, -0.25) is 14.6 Å². The second kappa shape index (κ2) is 8.33. The number of ketones is 1. The molecule has 0 aliphatic heterocycles. The molecule has 0 amide bonds. The number of nitrogens with zero attached hydrogens (tertiary/aromatic N) is 2. The number of ether oxygens (including phenoxy) is 1. The molecule has 0 aliphatic rings. The van der Waals surface area contributed by atoms with Gasteiger partial charge in [0.25, 0.3) is 0 Å². The summed E-state index contributed by atoms with van der Waals surface area (Å²) in [5, 5.41) is 2.18. The van der Waals surface area contributed by atoms with Crippen molar-refractivity contribution in [3.05, 3.63) is 42.7 Å². The third-order valence-corrected chi connectivity index (χ3v) is 4.76. The van der Waals surface area contributed by atoms with Crippen LogP contribution in [0.4, 0.5) is 0 Å². The van der Waals surface area contributed by atoms with Gasteiger partial charge in [0.15, 0.2) is 5.78 Å². The lowest BCUT2D eigenvalue weighted by Crippen LogP contribution is -2.24. The van der Waals surface area contributed by atoms with Crippen LogP contribution in [-0.4, -0.2) is 27.9 Å². The SMILES string of the molecule is CCOC(=O)[C@@H](CC(=O)Cn1c2ccccc2c2ccncc21)CC(C)C. The van der Waals surface area contributed by atoms with Crippen molar-refractivity contribution >= 4 is 33.6 Å². The number of esters is 1. The Bertz CT molecular complexity index is 905. The third kappa shape index (κ3) is 4.18. The topological polar surface area (TPSA) is 61.2 Å². The van der Waals surface area contributed by atoms with E-state index in [9.17, 15) is 9.59 Å². The van der Waals surface area contributed by atoms with Crippen LogP contribution in [0.25, 0.3) is 21.8 Å². The van der Waals surface area contributed by atoms with Gasteiger partial charge in [-0.15, -0.1) is 0 Å². The van der Waals surface area contributed by atoms with Gasteiger partial charge in [-0.2, -0.15) is 0 Å². The smallest absolute Gasteiger partial charge is 0.309 e. The van der Waals surface area contributed by atoms with E-state index in [1.807, 2.05) is 28.8 Å². The molecule has 0 spiro atoms. The number of carbonyl (C=O) groups excluding carboxylic acids is 2. The van der Waals surface area contributed by atoms with Crippen molar-refractivity contribution in [3.8, 4) is 0 Å². The molecule has 0 bridgehead atoms. The molecule has 2 heterocycles. The van der Waals surface area contributed by atoms with Gasteiger partial charge < -0.3 is 9.30 Å². The largest absolute Gasteiger partial charge is 0.466 e. The van der Waals surface area contributed by atoms with E-state index in [1.165, 1.54) is 0 Å². The van der Waals surface area contributed by atoms with Crippen LogP contribution in [0.1, 0.15) is 33.6 Å². The van der Waals surface area contributed by atoms with E-state index in [1.54, 1.807) is 19.3 Å². The second-order valence-corrected chi connectivity index (χ2v) is 7.32. The number of pyridine rings is 1. The van der Waals surface area contributed by atoms with Crippen molar-refractivity contribution in [1.29, 1.82) is 0 Å². The van der Waals surface area contributed by atoms with Crippen molar-refractivity contribution < 1.29 is 14.3 Å². The highest BCUT2D eigenvalue weighted by molar-refractivity contribution is 6.08. The van der Waals surface area contributed by atoms with Crippen LogP contribution in [0, 0.1) is 11.8 Å². The summed E-state index contributed by atoms with van der Waals surface area (Å²) in [7, 11) is 0. The molecular formula is C22H26N2O3. The molecule has 3 rings (SSSR count). The van der Waals surface area contributed by atoms with Gasteiger partial charge in [0.1, 0.15) is 0 Å². The Balaban J connectivity index is 1.87. The minimum Gasteiger partial charge on any atom is -0.466 e. The highest BCUT2D eigenvalue weighted by Crippen LogP contribution is 2.28. The lowest BCUT2D eigenvalue weighted by atomic mass is 9.92. The highest BCUT2D eigenvalue weighted by atomic mass is 16.5. The summed E-state index contributed by atoms with van der Waals surface area (Å²) >= 11 is 0. The summed E-state index contributed by atoms with van der Waals surface area (Å²) in [6.07, 6.45) is 4.41. The van der Waals surface area contributed by atoms with Gasteiger partial charge in [-0.05, 0) is 31.4 Å². The molecule has 0 N–H and O–H groups in total. The quantitative estimate of drug-likeness (QED) is 0.555. The predicted molar refractivity (Wildman–Crippen MR) is 106 cm³/mol. The van der Waals surface area contributed by atoms with Crippen LogP contribution in [0.15, 0.2) is 42.7 Å². The van der Waals surface area contributed by atoms with E-state index in [2.05, 4.69) is 24.9 Å². The summed E-state index contributed by atoms with van der Waals surface area (Å²) < 4.78 is 7.17. The molecule has 142 valence electrons. The fourth-order valence-electron chi connectivity index (χ4n) is 3.67. The van der Waals surface area contributed by atoms with Gasteiger partial charge >= 0.3 is 5.97 Å². The minimum absolute atomic E-state index is 0.0280. The Kier molecular flexibility index (Phi) is 5.89. The van der Waals surface area contributed by atoms with Crippen LogP contribution >= 0.6 is 0 Å². The van der Waals surface area contributed by atoms with Crippen LogP contribution in [0.5, 0.6) is 0 Å². The molecule has 0 saturated heterocycles. The van der Waals surface area contributed by atoms with Gasteiger partial charge in [0, 0.05) is 28.9 Å². The number of rotatable bonds is 8. The number of carbonyl (C=O) groups is 2. The average molecular weight is 366 g/mol. The molecular weight excluding hydrogens is 340 g/mol. The van der Waals surface area contributed by atoms with Crippen LogP contribution in [-0.2, 0) is 20.9 Å². The standard InChI is InChI=1S/C22H26N2O3/c1-4-27-22(26)16(11-15(2)3)12-17(25)14-24-20-8-6-5-7-18(20)19-9-10-23-13-21(19)24/h5-10,13,15-16H,4,11-12,14H2,1-3H3/t16-/m1/s1. The summed E-state index contributed by atoms with van der Waals surface area (Å²) in [4.78, 5) is 29.3. The Morgan fingerprint density at radius 1 is 1.11 bits per heavy atom. The average Bonchev–Trinajstić information content (AvgIpc) is 2.95. The van der Waals surface area contributed by atoms with E-state index >= 15 is 0 Å². The fraction of sp³-hybridized carbons (Fsp3) is 0.409. The van der Waals surface area contributed by atoms with Crippen molar-refractivity contribution in [2.75, 3.05) is 6.61 Å². The van der Waals surface area contributed by atoms with Crippen LogP contribution < -0.4 is 0 Å². The van der Waals surface area contributed by atoms with Crippen LogP contribution in [0.3, 0.4) is 0 Å². The monoisotopic (exact) mass is 366 g/mol. The normalized spacial score (nSPS) is 12.6. The maximum absolute atomic E-state index is 12.8. The second-order valence-electron chi connectivity index (χ2n) is 7.32. The van der Waals surface area contributed by atoms with E-state index in [-0.39, 0.29) is 30.6 Å². The molecule has 0 saturated carbocycles. The zero-order valence-corrected chi connectivity index (χ0v) is 16.1. The Hall–Kier alpha value is -2.69. The highest BCUT2D eigenvalue weighted by Gasteiger charge is 2.25. The summed E-state index contributed by atoms with van der Waals surface area (Å²) in [6.45, 7) is 6.45. The zero-order valence-electron chi connectivity index (χ0n) is 16.1. The number of hydrogen-bond acceptors (Lipinski definition) is 4. The maximum atomic E-state index is 12.8. The van der Waals surface area contributed by atoms with E-state index in [0.29, 0.717) is 18.9 Å². The molecule has 5 heteroatoms. The van der Waals surface area contributed by atoms with Gasteiger partial charge in [-0.25, -0.2) is 0 Å². The van der Waals surface area contributed by atoms with E-state index in [4.69, 9.17) is 4.74 Å². The third-order valence-electron chi connectivity index (χ3n) is 4.76. The van der Waals surface area contributed by atoms with Crippen LogP contribution in [0.2, 0.25) is 0 Å². The first-order valence-corrected chi connectivity index (χ1v) is 9.50. The summed E-state index contributed by atoms with van der Waals surface area (Å²) in [5.74, 6) is -0.308. The zero-order chi connectivity index (χ0) is 19.4. The Morgan fingerprint density at radius 2 is 1.85 bits per heavy atom. The lowest BCUT2D eigenvalue weighted by Gasteiger charge is -2.17. The van der Waals surface area contributed by atoms with Crippen molar-refractivity contribution in [3.63, 3.8) is 0 Å². The van der Waals surface area contributed by atoms with Crippen molar-refractivity contribution in [1.82, 2.24) is 9.55 Å². The molecule has 3 aromatic rings. The molecule has 1 aromatic carbocycles. The first-order chi connectivity index (χ1) is 13.0. The number of para-hydroxylation sites is 1. The predicted octanol–water partition coefficient (Wildman–Crippen LogP) is 4.37. The van der Waals surface area contributed by atoms with Crippen molar-refractivity contribution in [2.24, 2.45) is 11.8 Å². The van der Waals surface area contributed by atoms with Crippen molar-refractivity contribution in [2.45, 2.75) is 40.2 Å². The molecule has 0 radical (unpaired) electrons. The number of fused-ring (bicyclic) bond motifs is 3. The number of aromatic nitrogens is 2. The lowest BCUT2D eigenvalue weighted by molar-refractivity contribution is -0.150. The molecule has 0 fully saturated rings. The Morgan fingerprint density at radius 3 is 2.59 bits per heavy atom. The van der Waals surface area contributed by atoms with E-state index in [0.717, 1.165) is 21.8 Å². The summed E-state index contributed by atoms with van der Waals surface area (Å²) in [6, 6.07) is 10.0. The maximum Gasteiger partial charge on any atom is 0.309 e. The number of Topliss-reactive ketones (excluding diaryl/α,β-unsaturated/α-hetero) is 1. The first kappa shape index (κ1) is 19.1. The van der Waals surface area contributed by atoms with Gasteiger partial charge in [0.2, 0.25) is 0 Å². The molecule has 0 aliphatic carbocycles. The van der Waals surface area contributed by atoms with Gasteiger partial charge in [0.05, 0.1) is 30.8 Å². The molecule has 1 atom stereocenters. The molecule has 27 heavy (non-hydrogen) atoms. The van der Waals surface area contributed by atoms with E-state index < -0.39 is 0 Å². The van der Waals surface area contributed by atoms with Gasteiger partial charge in [-0.1, -0.05) is 32.0 Å².